The molecule has 6 heteroatoms. The molecular formula is C50H32N6. The topological polar surface area (TPSA) is 61.4 Å². The van der Waals surface area contributed by atoms with Crippen molar-refractivity contribution in [3.8, 4) is 56.4 Å². The van der Waals surface area contributed by atoms with Crippen molar-refractivity contribution in [3.63, 3.8) is 0 Å². The Labute approximate surface area is 322 Å². The fourth-order valence-corrected chi connectivity index (χ4v) is 8.16. The predicted octanol–water partition coefficient (Wildman–Crippen LogP) is 12.1. The minimum absolute atomic E-state index is 0.808. The van der Waals surface area contributed by atoms with E-state index in [-0.39, 0.29) is 0 Å². The van der Waals surface area contributed by atoms with Crippen LogP contribution in [0.25, 0.3) is 100 Å². The van der Waals surface area contributed by atoms with Crippen LogP contribution in [-0.2, 0) is 0 Å². The van der Waals surface area contributed by atoms with Gasteiger partial charge in [-0.15, -0.1) is 0 Å². The lowest BCUT2D eigenvalue weighted by Crippen LogP contribution is -1.96. The van der Waals surface area contributed by atoms with Gasteiger partial charge >= 0.3 is 0 Å². The molecule has 0 spiro atoms. The Bertz CT molecular complexity index is 3160. The second-order valence-electron chi connectivity index (χ2n) is 13.9. The Balaban J connectivity index is 1.05. The molecule has 0 saturated carbocycles. The van der Waals surface area contributed by atoms with Gasteiger partial charge in [-0.05, 0) is 108 Å². The lowest BCUT2D eigenvalue weighted by molar-refractivity contribution is 1.14. The van der Waals surface area contributed by atoms with E-state index in [4.69, 9.17) is 9.97 Å². The summed E-state index contributed by atoms with van der Waals surface area (Å²) in [5, 5.41) is 4.74. The van der Waals surface area contributed by atoms with Crippen molar-refractivity contribution in [2.24, 2.45) is 0 Å². The molecule has 0 saturated heterocycles. The van der Waals surface area contributed by atoms with Gasteiger partial charge in [-0.1, -0.05) is 84.9 Å². The molecular weight excluding hydrogens is 685 g/mol. The summed E-state index contributed by atoms with van der Waals surface area (Å²) in [6, 6.07) is 61.7. The molecule has 11 rings (SSSR count). The summed E-state index contributed by atoms with van der Waals surface area (Å²) in [7, 11) is 0. The van der Waals surface area contributed by atoms with E-state index in [1.165, 1.54) is 21.7 Å². The van der Waals surface area contributed by atoms with E-state index in [1.54, 1.807) is 12.4 Å². The highest BCUT2D eigenvalue weighted by Gasteiger charge is 2.19. The smallest absolute Gasteiger partial charge is 0.145 e. The summed E-state index contributed by atoms with van der Waals surface area (Å²) in [5.41, 5.74) is 14.3. The van der Waals surface area contributed by atoms with Gasteiger partial charge in [-0.3, -0.25) is 14.5 Å². The number of benzene rings is 5. The summed E-state index contributed by atoms with van der Waals surface area (Å²) in [5.74, 6) is 0. The molecule has 56 heavy (non-hydrogen) atoms. The van der Waals surface area contributed by atoms with Crippen LogP contribution in [0.1, 0.15) is 0 Å². The quantitative estimate of drug-likeness (QED) is 0.172. The van der Waals surface area contributed by atoms with E-state index in [9.17, 15) is 0 Å². The zero-order valence-electron chi connectivity index (χ0n) is 30.2. The van der Waals surface area contributed by atoms with Crippen LogP contribution in [0.3, 0.4) is 0 Å². The van der Waals surface area contributed by atoms with Crippen LogP contribution in [-0.4, -0.2) is 29.1 Å². The Morgan fingerprint density at radius 2 is 0.964 bits per heavy atom. The van der Waals surface area contributed by atoms with Gasteiger partial charge in [0.2, 0.25) is 0 Å². The Morgan fingerprint density at radius 1 is 0.339 bits per heavy atom. The number of aromatic nitrogens is 6. The van der Waals surface area contributed by atoms with Gasteiger partial charge in [0.05, 0.1) is 39.3 Å². The number of para-hydroxylation sites is 3. The molecule has 0 aliphatic heterocycles. The molecule has 0 fully saturated rings. The lowest BCUT2D eigenvalue weighted by atomic mass is 10.00. The van der Waals surface area contributed by atoms with Crippen molar-refractivity contribution in [1.29, 1.82) is 0 Å². The van der Waals surface area contributed by atoms with Crippen molar-refractivity contribution in [3.05, 3.63) is 195 Å². The second kappa shape index (κ2) is 13.0. The fourth-order valence-electron chi connectivity index (χ4n) is 8.16. The number of nitrogens with zero attached hydrogens (tertiary/aromatic N) is 6. The molecule has 262 valence electrons. The minimum Gasteiger partial charge on any atom is -0.309 e. The third-order valence-corrected chi connectivity index (χ3v) is 10.7. The van der Waals surface area contributed by atoms with E-state index in [2.05, 4.69) is 153 Å². The maximum absolute atomic E-state index is 4.97. The SMILES string of the molecule is c1ccc(-n2c3ncccc3c3cccc(-c4ccc5c(c4)c4ccccc4n5-c4ccc(-c5cc(-c6ccccn6)nc(-c6ccccn6)c5)cc4)c32)cc1. The molecule has 0 aliphatic rings. The van der Waals surface area contributed by atoms with Gasteiger partial charge in [-0.25, -0.2) is 9.97 Å². The van der Waals surface area contributed by atoms with Crippen LogP contribution in [0.5, 0.6) is 0 Å². The first kappa shape index (κ1) is 31.8. The highest BCUT2D eigenvalue weighted by atomic mass is 15.0. The Kier molecular flexibility index (Phi) is 7.38. The van der Waals surface area contributed by atoms with Crippen LogP contribution in [0.2, 0.25) is 0 Å². The molecule has 6 heterocycles. The van der Waals surface area contributed by atoms with Gasteiger partial charge in [-0.2, -0.15) is 0 Å². The van der Waals surface area contributed by atoms with E-state index >= 15 is 0 Å². The van der Waals surface area contributed by atoms with Crippen LogP contribution < -0.4 is 0 Å². The molecule has 0 N–H and O–H groups in total. The van der Waals surface area contributed by atoms with Crippen molar-refractivity contribution in [2.75, 3.05) is 0 Å². The standard InChI is InChI=1S/C50H32N6/c1-2-12-36(13-3-1)56-49-38(15-10-16-40(49)41-17-11-29-53-50(41)56)34-23-26-48-42(30-34)39-14-4-5-20-47(39)55(48)37-24-21-33(22-25-37)35-31-45(43-18-6-8-27-51-43)54-46(32-35)44-19-7-9-28-52-44/h1-32H. The number of pyridine rings is 4. The lowest BCUT2D eigenvalue weighted by Gasteiger charge is -2.12. The van der Waals surface area contributed by atoms with Crippen LogP contribution in [0, 0.1) is 0 Å². The summed E-state index contributed by atoms with van der Waals surface area (Å²) in [6.45, 7) is 0. The number of fused-ring (bicyclic) bond motifs is 6. The highest BCUT2D eigenvalue weighted by molar-refractivity contribution is 6.15. The van der Waals surface area contributed by atoms with E-state index < -0.39 is 0 Å². The zero-order valence-corrected chi connectivity index (χ0v) is 30.2. The number of hydrogen-bond acceptors (Lipinski definition) is 4. The molecule has 0 bridgehead atoms. The first-order valence-electron chi connectivity index (χ1n) is 18.7. The highest BCUT2D eigenvalue weighted by Crippen LogP contribution is 2.40. The molecule has 0 unspecified atom stereocenters. The summed E-state index contributed by atoms with van der Waals surface area (Å²) >= 11 is 0. The van der Waals surface area contributed by atoms with E-state index in [1.807, 2.05) is 48.7 Å². The number of rotatable bonds is 6. The molecule has 6 aromatic heterocycles. The molecule has 0 aliphatic carbocycles. The van der Waals surface area contributed by atoms with E-state index in [0.29, 0.717) is 0 Å². The van der Waals surface area contributed by atoms with Crippen molar-refractivity contribution in [2.45, 2.75) is 0 Å². The second-order valence-corrected chi connectivity index (χ2v) is 13.9. The zero-order chi connectivity index (χ0) is 37.0. The van der Waals surface area contributed by atoms with Gasteiger partial charge in [0.15, 0.2) is 0 Å². The van der Waals surface area contributed by atoms with Crippen molar-refractivity contribution >= 4 is 43.7 Å². The third-order valence-electron chi connectivity index (χ3n) is 10.7. The summed E-state index contributed by atoms with van der Waals surface area (Å²) < 4.78 is 4.67. The molecule has 0 atom stereocenters. The molecule has 0 radical (unpaired) electrons. The molecule has 0 amide bonds. The molecule has 6 nitrogen and oxygen atoms in total. The Hall–Kier alpha value is -7.70. The maximum atomic E-state index is 4.97. The molecule has 5 aromatic carbocycles. The summed E-state index contributed by atoms with van der Waals surface area (Å²) in [6.07, 6.45) is 5.48. The first-order valence-corrected chi connectivity index (χ1v) is 18.7. The van der Waals surface area contributed by atoms with Gasteiger partial charge in [0.25, 0.3) is 0 Å². The maximum Gasteiger partial charge on any atom is 0.145 e. The summed E-state index contributed by atoms with van der Waals surface area (Å²) in [4.78, 5) is 19.0. The van der Waals surface area contributed by atoms with Crippen LogP contribution in [0.4, 0.5) is 0 Å². The van der Waals surface area contributed by atoms with Crippen molar-refractivity contribution in [1.82, 2.24) is 29.1 Å². The van der Waals surface area contributed by atoms with Crippen molar-refractivity contribution < 1.29 is 0 Å². The largest absolute Gasteiger partial charge is 0.309 e. The monoisotopic (exact) mass is 716 g/mol. The van der Waals surface area contributed by atoms with Gasteiger partial charge < -0.3 is 4.57 Å². The van der Waals surface area contributed by atoms with Crippen LogP contribution >= 0.6 is 0 Å². The first-order chi connectivity index (χ1) is 27.8. The van der Waals surface area contributed by atoms with Gasteiger partial charge in [0, 0.05) is 57.1 Å². The Morgan fingerprint density at radius 3 is 1.71 bits per heavy atom. The minimum atomic E-state index is 0.808. The number of hydrogen-bond donors (Lipinski definition) is 0. The average molecular weight is 717 g/mol. The van der Waals surface area contributed by atoms with Crippen LogP contribution in [0.15, 0.2) is 195 Å². The van der Waals surface area contributed by atoms with Gasteiger partial charge in [0.1, 0.15) is 5.65 Å². The average Bonchev–Trinajstić information content (AvgIpc) is 3.80. The normalized spacial score (nSPS) is 11.6. The third kappa shape index (κ3) is 5.19. The predicted molar refractivity (Wildman–Crippen MR) is 228 cm³/mol. The molecule has 11 aromatic rings. The van der Waals surface area contributed by atoms with E-state index in [0.717, 1.165) is 78.4 Å². The fraction of sp³-hybridized carbons (Fsp3) is 0.